The van der Waals surface area contributed by atoms with Gasteiger partial charge < -0.3 is 14.8 Å². The van der Waals surface area contributed by atoms with Gasteiger partial charge in [-0.2, -0.15) is 0 Å². The zero-order valence-corrected chi connectivity index (χ0v) is 11.8. The van der Waals surface area contributed by atoms with Crippen molar-refractivity contribution < 1.29 is 18.7 Å². The lowest BCUT2D eigenvalue weighted by molar-refractivity contribution is 0.0825. The number of ether oxygens (including phenoxy) is 2. The zero-order chi connectivity index (χ0) is 14.5. The largest absolute Gasteiger partial charge is 0.497 e. The maximum absolute atomic E-state index is 13.8. The lowest BCUT2D eigenvalue weighted by Crippen LogP contribution is -2.33. The van der Waals surface area contributed by atoms with Crippen LogP contribution in [0.3, 0.4) is 0 Å². The van der Waals surface area contributed by atoms with E-state index in [1.807, 2.05) is 0 Å². The van der Waals surface area contributed by atoms with Gasteiger partial charge in [0.05, 0.1) is 18.8 Å². The van der Waals surface area contributed by atoms with Gasteiger partial charge in [-0.1, -0.05) is 6.92 Å². The number of nitrogens with one attached hydrogen (secondary N) is 1. The van der Waals surface area contributed by atoms with Crippen molar-refractivity contribution in [2.75, 3.05) is 20.3 Å². The van der Waals surface area contributed by atoms with Crippen LogP contribution in [0, 0.1) is 11.7 Å². The molecule has 1 heterocycles. The van der Waals surface area contributed by atoms with E-state index in [0.29, 0.717) is 18.2 Å². The molecule has 1 aromatic rings. The van der Waals surface area contributed by atoms with Crippen molar-refractivity contribution in [3.8, 4) is 5.75 Å². The number of carbonyl (C=O) groups is 1. The number of benzene rings is 1. The Balaban J connectivity index is 1.95. The SMILES string of the molecule is CCC1OCCC1CNC(=O)c1ccc(OC)cc1F. The van der Waals surface area contributed by atoms with Crippen LogP contribution in [0.25, 0.3) is 0 Å². The summed E-state index contributed by atoms with van der Waals surface area (Å²) in [7, 11) is 1.46. The molecule has 110 valence electrons. The van der Waals surface area contributed by atoms with Crippen LogP contribution in [0.1, 0.15) is 30.1 Å². The average Bonchev–Trinajstić information content (AvgIpc) is 2.92. The quantitative estimate of drug-likeness (QED) is 0.901. The molecule has 0 saturated carbocycles. The molecule has 2 atom stereocenters. The molecular weight excluding hydrogens is 261 g/mol. The first-order valence-electron chi connectivity index (χ1n) is 6.89. The van der Waals surface area contributed by atoms with Gasteiger partial charge in [0.1, 0.15) is 11.6 Å². The van der Waals surface area contributed by atoms with E-state index in [-0.39, 0.29) is 11.7 Å². The fourth-order valence-corrected chi connectivity index (χ4v) is 2.50. The Labute approximate surface area is 118 Å². The fourth-order valence-electron chi connectivity index (χ4n) is 2.50. The molecule has 5 heteroatoms. The van der Waals surface area contributed by atoms with Gasteiger partial charge in [-0.3, -0.25) is 4.79 Å². The molecule has 4 nitrogen and oxygen atoms in total. The van der Waals surface area contributed by atoms with Gasteiger partial charge in [0.2, 0.25) is 0 Å². The first kappa shape index (κ1) is 14.8. The summed E-state index contributed by atoms with van der Waals surface area (Å²) in [6.07, 6.45) is 2.05. The van der Waals surface area contributed by atoms with Crippen molar-refractivity contribution in [2.45, 2.75) is 25.9 Å². The van der Waals surface area contributed by atoms with Crippen LogP contribution >= 0.6 is 0 Å². The van der Waals surface area contributed by atoms with Gasteiger partial charge in [-0.15, -0.1) is 0 Å². The molecule has 1 saturated heterocycles. The van der Waals surface area contributed by atoms with Gasteiger partial charge >= 0.3 is 0 Å². The van der Waals surface area contributed by atoms with E-state index < -0.39 is 11.7 Å². The summed E-state index contributed by atoms with van der Waals surface area (Å²) in [5, 5.41) is 2.78. The Morgan fingerprint density at radius 1 is 1.55 bits per heavy atom. The van der Waals surface area contributed by atoms with Crippen molar-refractivity contribution in [2.24, 2.45) is 5.92 Å². The van der Waals surface area contributed by atoms with Crippen molar-refractivity contribution in [3.05, 3.63) is 29.6 Å². The standard InChI is InChI=1S/C15H20FNO3/c1-3-14-10(6-7-20-14)9-17-15(18)12-5-4-11(19-2)8-13(12)16/h4-5,8,10,14H,3,6-7,9H2,1-2H3,(H,17,18). The summed E-state index contributed by atoms with van der Waals surface area (Å²) < 4.78 is 24.2. The third kappa shape index (κ3) is 3.28. The summed E-state index contributed by atoms with van der Waals surface area (Å²) in [6.45, 7) is 3.31. The maximum Gasteiger partial charge on any atom is 0.254 e. The molecule has 0 bridgehead atoms. The van der Waals surface area contributed by atoms with Crippen molar-refractivity contribution in [1.82, 2.24) is 5.32 Å². The molecule has 20 heavy (non-hydrogen) atoms. The first-order chi connectivity index (χ1) is 9.65. The Bertz CT molecular complexity index is 478. The number of rotatable bonds is 5. The predicted molar refractivity (Wildman–Crippen MR) is 73.4 cm³/mol. The molecule has 0 radical (unpaired) electrons. The molecule has 2 unspecified atom stereocenters. The maximum atomic E-state index is 13.8. The van der Waals surface area contributed by atoms with Crippen LogP contribution in [0.15, 0.2) is 18.2 Å². The van der Waals surface area contributed by atoms with Gasteiger partial charge in [0.25, 0.3) is 5.91 Å². The molecular formula is C15H20FNO3. The second-order valence-corrected chi connectivity index (χ2v) is 4.92. The number of amides is 1. The molecule has 0 aromatic heterocycles. The van der Waals surface area contributed by atoms with Gasteiger partial charge in [-0.25, -0.2) is 4.39 Å². The molecule has 1 aliphatic heterocycles. The number of carbonyl (C=O) groups excluding carboxylic acids is 1. The monoisotopic (exact) mass is 281 g/mol. The van der Waals surface area contributed by atoms with Gasteiger partial charge in [0.15, 0.2) is 0 Å². The van der Waals surface area contributed by atoms with E-state index in [1.165, 1.54) is 19.2 Å². The minimum absolute atomic E-state index is 0.0396. The lowest BCUT2D eigenvalue weighted by atomic mass is 9.99. The van der Waals surface area contributed by atoms with E-state index in [9.17, 15) is 9.18 Å². The Kier molecular flexibility index (Phi) is 4.95. The fraction of sp³-hybridized carbons (Fsp3) is 0.533. The van der Waals surface area contributed by atoms with Crippen LogP contribution in [0.4, 0.5) is 4.39 Å². The highest BCUT2D eigenvalue weighted by Gasteiger charge is 2.27. The van der Waals surface area contributed by atoms with Gasteiger partial charge in [-0.05, 0) is 25.0 Å². The van der Waals surface area contributed by atoms with Crippen LogP contribution in [-0.2, 0) is 4.74 Å². The Morgan fingerprint density at radius 2 is 2.35 bits per heavy atom. The van der Waals surface area contributed by atoms with Crippen LogP contribution in [0.2, 0.25) is 0 Å². The summed E-state index contributed by atoms with van der Waals surface area (Å²) in [5.41, 5.74) is 0.0396. The zero-order valence-electron chi connectivity index (χ0n) is 11.8. The lowest BCUT2D eigenvalue weighted by Gasteiger charge is -2.17. The highest BCUT2D eigenvalue weighted by molar-refractivity contribution is 5.94. The number of methoxy groups -OCH3 is 1. The number of halogens is 1. The summed E-state index contributed by atoms with van der Waals surface area (Å²) in [5.74, 6) is -0.261. The molecule has 1 fully saturated rings. The molecule has 1 aromatic carbocycles. The van der Waals surface area contributed by atoms with Crippen LogP contribution in [0.5, 0.6) is 5.75 Å². The van der Waals surface area contributed by atoms with Crippen LogP contribution < -0.4 is 10.1 Å². The van der Waals surface area contributed by atoms with E-state index in [2.05, 4.69) is 12.2 Å². The van der Waals surface area contributed by atoms with Gasteiger partial charge in [0, 0.05) is 25.1 Å². The third-order valence-corrected chi connectivity index (χ3v) is 3.69. The Morgan fingerprint density at radius 3 is 3.00 bits per heavy atom. The molecule has 0 spiro atoms. The topological polar surface area (TPSA) is 47.6 Å². The highest BCUT2D eigenvalue weighted by atomic mass is 19.1. The first-order valence-corrected chi connectivity index (χ1v) is 6.89. The van der Waals surface area contributed by atoms with Crippen molar-refractivity contribution in [3.63, 3.8) is 0 Å². The Hall–Kier alpha value is -1.62. The van der Waals surface area contributed by atoms with E-state index in [1.54, 1.807) is 6.07 Å². The van der Waals surface area contributed by atoms with E-state index >= 15 is 0 Å². The normalized spacial score (nSPS) is 21.8. The minimum atomic E-state index is -0.573. The molecule has 1 N–H and O–H groups in total. The predicted octanol–water partition coefficient (Wildman–Crippen LogP) is 2.38. The van der Waals surface area contributed by atoms with Crippen molar-refractivity contribution in [1.29, 1.82) is 0 Å². The molecule has 1 amide bonds. The summed E-state index contributed by atoms with van der Waals surface area (Å²) in [4.78, 5) is 12.0. The smallest absolute Gasteiger partial charge is 0.254 e. The average molecular weight is 281 g/mol. The highest BCUT2D eigenvalue weighted by Crippen LogP contribution is 2.23. The molecule has 0 aliphatic carbocycles. The molecule has 1 aliphatic rings. The second kappa shape index (κ2) is 6.70. The summed E-state index contributed by atoms with van der Waals surface area (Å²) in [6, 6.07) is 4.22. The second-order valence-electron chi connectivity index (χ2n) is 4.92. The third-order valence-electron chi connectivity index (χ3n) is 3.69. The number of hydrogen-bond acceptors (Lipinski definition) is 3. The number of hydrogen-bond donors (Lipinski definition) is 1. The molecule has 2 rings (SSSR count). The van der Waals surface area contributed by atoms with Crippen molar-refractivity contribution >= 4 is 5.91 Å². The van der Waals surface area contributed by atoms with E-state index in [4.69, 9.17) is 9.47 Å². The summed E-state index contributed by atoms with van der Waals surface area (Å²) >= 11 is 0. The van der Waals surface area contributed by atoms with Crippen LogP contribution in [-0.4, -0.2) is 32.3 Å². The van der Waals surface area contributed by atoms with E-state index in [0.717, 1.165) is 19.4 Å². The minimum Gasteiger partial charge on any atom is -0.497 e.